The maximum Gasteiger partial charge on any atom is 0.320 e. The normalized spacial score (nSPS) is 10.4. The monoisotopic (exact) mass is 602 g/mol. The number of hydrogen-bond acceptors (Lipinski definition) is 7. The second-order valence-electron chi connectivity index (χ2n) is 9.57. The number of benzene rings is 4. The fourth-order valence-corrected chi connectivity index (χ4v) is 3.64. The first-order valence-electron chi connectivity index (χ1n) is 14.0. The number of fused-ring (bicyclic) bond motifs is 1. The number of carboxylic acids is 2. The van der Waals surface area contributed by atoms with Crippen molar-refractivity contribution in [2.75, 3.05) is 18.4 Å². The summed E-state index contributed by atoms with van der Waals surface area (Å²) < 4.78 is 0. The molecule has 0 fully saturated rings. The molecule has 0 radical (unpaired) electrons. The Morgan fingerprint density at radius 1 is 0.795 bits per heavy atom. The summed E-state index contributed by atoms with van der Waals surface area (Å²) in [5, 5.41) is 21.7. The van der Waals surface area contributed by atoms with Crippen molar-refractivity contribution in [3.8, 4) is 0 Å². The van der Waals surface area contributed by atoms with E-state index in [1.165, 1.54) is 12.5 Å². The third-order valence-electron chi connectivity index (χ3n) is 5.85. The fraction of sp³-hybridized carbons (Fsp3) is 0.235. The summed E-state index contributed by atoms with van der Waals surface area (Å²) in [6.45, 7) is 2.68. The van der Waals surface area contributed by atoms with E-state index in [4.69, 9.17) is 27.4 Å². The van der Waals surface area contributed by atoms with E-state index in [-0.39, 0.29) is 12.3 Å². The molecule has 44 heavy (non-hydrogen) atoms. The maximum absolute atomic E-state index is 10.6. The molecule has 1 atom stereocenters. The van der Waals surface area contributed by atoms with Crippen LogP contribution in [0.25, 0.3) is 10.8 Å². The molecule has 0 aliphatic carbocycles. The molecule has 0 spiro atoms. The minimum atomic E-state index is -0.955. The minimum Gasteiger partial charge on any atom is -0.481 e. The summed E-state index contributed by atoms with van der Waals surface area (Å²) in [6, 6.07) is 29.8. The molecule has 1 amide bonds. The Morgan fingerprint density at radius 2 is 1.41 bits per heavy atom. The van der Waals surface area contributed by atoms with Gasteiger partial charge in [-0.1, -0.05) is 72.8 Å². The van der Waals surface area contributed by atoms with E-state index >= 15 is 0 Å². The number of nitrogens with one attached hydrogen (secondary N) is 1. The van der Waals surface area contributed by atoms with Crippen LogP contribution in [0, 0.1) is 0 Å². The molecule has 9 N–H and O–H groups in total. The second kappa shape index (κ2) is 21.8. The van der Waals surface area contributed by atoms with Gasteiger partial charge in [-0.25, -0.2) is 0 Å². The molecule has 10 nitrogen and oxygen atoms in total. The largest absolute Gasteiger partial charge is 0.481 e. The summed E-state index contributed by atoms with van der Waals surface area (Å²) in [7, 11) is 0. The van der Waals surface area contributed by atoms with E-state index in [0.29, 0.717) is 30.6 Å². The molecular weight excluding hydrogens is 560 g/mol. The summed E-state index contributed by atoms with van der Waals surface area (Å²) in [5.74, 6) is -1.86. The highest BCUT2D eigenvalue weighted by Gasteiger charge is 2.08. The number of nitrogens with two attached hydrogens (primary N) is 3. The summed E-state index contributed by atoms with van der Waals surface area (Å²) in [5.41, 5.74) is 19.1. The average molecular weight is 603 g/mol. The number of carbonyl (C=O) groups is 4. The first kappa shape index (κ1) is 37.1. The van der Waals surface area contributed by atoms with E-state index < -0.39 is 18.0 Å². The van der Waals surface area contributed by atoms with Crippen LogP contribution in [0.1, 0.15) is 41.3 Å². The molecule has 234 valence electrons. The highest BCUT2D eigenvalue weighted by molar-refractivity contribution is 5.89. The smallest absolute Gasteiger partial charge is 0.320 e. The molecule has 0 aliphatic rings. The van der Waals surface area contributed by atoms with Gasteiger partial charge in [0.05, 0.1) is 6.42 Å². The van der Waals surface area contributed by atoms with Crippen molar-refractivity contribution < 1.29 is 29.4 Å². The predicted octanol–water partition coefficient (Wildman–Crippen LogP) is 4.25. The van der Waals surface area contributed by atoms with Crippen LogP contribution < -0.4 is 22.5 Å². The Kier molecular flexibility index (Phi) is 18.4. The van der Waals surface area contributed by atoms with Gasteiger partial charge in [0, 0.05) is 18.2 Å². The molecule has 0 saturated carbocycles. The van der Waals surface area contributed by atoms with E-state index in [9.17, 15) is 19.2 Å². The number of aliphatic carboxylic acids is 2. The number of hydrogen-bond donors (Lipinski definition) is 6. The zero-order valence-electron chi connectivity index (χ0n) is 24.9. The van der Waals surface area contributed by atoms with Crippen LogP contribution in [0.3, 0.4) is 0 Å². The third-order valence-corrected chi connectivity index (χ3v) is 5.85. The summed E-state index contributed by atoms with van der Waals surface area (Å²) in [6.07, 6.45) is 2.97. The molecule has 0 aromatic heterocycles. The highest BCUT2D eigenvalue weighted by Crippen LogP contribution is 2.15. The molecule has 10 heteroatoms. The van der Waals surface area contributed by atoms with Crippen molar-refractivity contribution in [2.45, 2.75) is 38.6 Å². The zero-order valence-corrected chi connectivity index (χ0v) is 24.9. The van der Waals surface area contributed by atoms with Gasteiger partial charge in [0.25, 0.3) is 0 Å². The van der Waals surface area contributed by atoms with Gasteiger partial charge in [0.1, 0.15) is 12.3 Å². The SMILES string of the molecule is CC(=O)Nc1ccc(C=O)cc1.NCCC[C@H](N)C(=O)O.NCCc1ccccc1.O=C(O)Cc1ccc2ccccc2c1. The summed E-state index contributed by atoms with van der Waals surface area (Å²) in [4.78, 5) is 41.4. The van der Waals surface area contributed by atoms with Crippen LogP contribution in [0.4, 0.5) is 5.69 Å². The zero-order chi connectivity index (χ0) is 32.7. The van der Waals surface area contributed by atoms with Crippen molar-refractivity contribution >= 4 is 40.6 Å². The Balaban J connectivity index is 0.000000299. The molecule has 4 aromatic carbocycles. The average Bonchev–Trinajstić information content (AvgIpc) is 3.01. The first-order chi connectivity index (χ1) is 21.1. The lowest BCUT2D eigenvalue weighted by molar-refractivity contribution is -0.139. The standard InChI is InChI=1S/C12H10O2.C9H9NO2.C8H11N.C5H12N2O2/c13-12(14)8-9-5-6-10-3-1-2-4-11(10)7-9;1-7(12)10-9-4-2-8(6-11)3-5-9;9-7-6-8-4-2-1-3-5-8;6-3-1-2-4(7)5(8)9/h1-7H,8H2,(H,13,14);2-6H,1H3,(H,10,12);1-5H,6-7,9H2;4H,1-3,6-7H2,(H,8,9)/t;;;4-/m...0/s1. The fourth-order valence-electron chi connectivity index (χ4n) is 3.64. The van der Waals surface area contributed by atoms with Gasteiger partial charge in [-0.2, -0.15) is 0 Å². The van der Waals surface area contributed by atoms with Gasteiger partial charge < -0.3 is 32.7 Å². The van der Waals surface area contributed by atoms with Crippen LogP contribution >= 0.6 is 0 Å². The Morgan fingerprint density at radius 3 is 1.93 bits per heavy atom. The topological polar surface area (TPSA) is 199 Å². The van der Waals surface area contributed by atoms with Crippen LogP contribution in [0.15, 0.2) is 97.1 Å². The van der Waals surface area contributed by atoms with Gasteiger partial charge >= 0.3 is 11.9 Å². The Bertz CT molecular complexity index is 1430. The lowest BCUT2D eigenvalue weighted by Gasteiger charge is -2.02. The van der Waals surface area contributed by atoms with Gasteiger partial charge in [-0.05, 0) is 78.5 Å². The predicted molar refractivity (Wildman–Crippen MR) is 175 cm³/mol. The van der Waals surface area contributed by atoms with Crippen molar-refractivity contribution in [3.63, 3.8) is 0 Å². The van der Waals surface area contributed by atoms with E-state index in [1.54, 1.807) is 24.3 Å². The number of carbonyl (C=O) groups excluding carboxylic acids is 2. The third kappa shape index (κ3) is 16.5. The Labute approximate surface area is 257 Å². The maximum atomic E-state index is 10.6. The molecule has 0 saturated heterocycles. The van der Waals surface area contributed by atoms with Crippen molar-refractivity contribution in [1.82, 2.24) is 0 Å². The number of aldehydes is 1. The molecule has 4 aromatic rings. The number of anilines is 1. The van der Waals surface area contributed by atoms with Crippen LogP contribution in [0.2, 0.25) is 0 Å². The first-order valence-corrected chi connectivity index (χ1v) is 14.0. The van der Waals surface area contributed by atoms with Gasteiger partial charge in [-0.3, -0.25) is 19.2 Å². The van der Waals surface area contributed by atoms with E-state index in [1.807, 2.05) is 60.7 Å². The Hall–Kier alpha value is -4.90. The molecule has 4 rings (SSSR count). The van der Waals surface area contributed by atoms with Gasteiger partial charge in [-0.15, -0.1) is 0 Å². The number of carboxylic acid groups (broad SMARTS) is 2. The molecule has 0 bridgehead atoms. The lowest BCUT2D eigenvalue weighted by atomic mass is 10.1. The van der Waals surface area contributed by atoms with E-state index in [0.717, 1.165) is 35.6 Å². The molecule has 0 aliphatic heterocycles. The second-order valence-corrected chi connectivity index (χ2v) is 9.57. The van der Waals surface area contributed by atoms with Crippen molar-refractivity contribution in [3.05, 3.63) is 114 Å². The molecule has 0 heterocycles. The van der Waals surface area contributed by atoms with Crippen molar-refractivity contribution in [2.24, 2.45) is 17.2 Å². The molecule has 0 unspecified atom stereocenters. The molecular formula is C34H42N4O6. The van der Waals surface area contributed by atoms with Crippen LogP contribution in [0.5, 0.6) is 0 Å². The van der Waals surface area contributed by atoms with E-state index in [2.05, 4.69) is 17.4 Å². The lowest BCUT2D eigenvalue weighted by Crippen LogP contribution is -2.30. The van der Waals surface area contributed by atoms with Gasteiger partial charge in [0.15, 0.2) is 0 Å². The number of amides is 1. The highest BCUT2D eigenvalue weighted by atomic mass is 16.4. The van der Waals surface area contributed by atoms with Crippen molar-refractivity contribution in [1.29, 1.82) is 0 Å². The summed E-state index contributed by atoms with van der Waals surface area (Å²) >= 11 is 0. The quantitative estimate of drug-likeness (QED) is 0.144. The van der Waals surface area contributed by atoms with Gasteiger partial charge in [0.2, 0.25) is 5.91 Å². The van der Waals surface area contributed by atoms with Crippen LogP contribution in [-0.2, 0) is 27.2 Å². The number of rotatable bonds is 10. The van der Waals surface area contributed by atoms with Crippen LogP contribution in [-0.4, -0.2) is 53.5 Å². The minimum absolute atomic E-state index is 0.0881.